The van der Waals surface area contributed by atoms with Gasteiger partial charge in [-0.15, -0.1) is 22.7 Å². The molecule has 0 bridgehead atoms. The number of H-pyrrole nitrogens is 1. The molecule has 2 N–H and O–H groups in total. The van der Waals surface area contributed by atoms with Gasteiger partial charge in [-0.1, -0.05) is 95.2 Å². The van der Waals surface area contributed by atoms with Crippen molar-refractivity contribution in [1.29, 1.82) is 0 Å². The number of rotatable bonds is 4. The second kappa shape index (κ2) is 11.4. The molecule has 1 amide bonds. The maximum absolute atomic E-state index is 13.5. The Hall–Kier alpha value is -3.74. The minimum Gasteiger partial charge on any atom is -0.494 e. The van der Waals surface area contributed by atoms with Crippen molar-refractivity contribution in [3.8, 4) is 37.3 Å². The van der Waals surface area contributed by atoms with E-state index in [1.165, 1.54) is 22.3 Å². The summed E-state index contributed by atoms with van der Waals surface area (Å²) in [5.41, 5.74) is 9.59. The Balaban J connectivity index is 1.37. The lowest BCUT2D eigenvalue weighted by atomic mass is 9.79. The predicted octanol–water partition coefficient (Wildman–Crippen LogP) is 12.0. The fraction of sp³-hybridized carbons (Fsp3) is 0.381. The molecule has 4 heterocycles. The highest BCUT2D eigenvalue weighted by Gasteiger charge is 2.35. The van der Waals surface area contributed by atoms with Crippen LogP contribution in [-0.2, 0) is 21.7 Å². The molecule has 0 unspecified atom stereocenters. The van der Waals surface area contributed by atoms with Crippen molar-refractivity contribution in [1.82, 2.24) is 4.98 Å². The Bertz CT molecular complexity index is 2030. The monoisotopic (exact) mass is 676 g/mol. The molecule has 4 nitrogen and oxygen atoms in total. The van der Waals surface area contributed by atoms with Crippen molar-refractivity contribution in [2.75, 3.05) is 0 Å². The second-order valence-electron chi connectivity index (χ2n) is 17.3. The van der Waals surface area contributed by atoms with E-state index >= 15 is 0 Å². The first-order chi connectivity index (χ1) is 22.1. The lowest BCUT2D eigenvalue weighted by molar-refractivity contribution is 0.101. The number of carbonyl (C=O) groups is 1. The van der Waals surface area contributed by atoms with Gasteiger partial charge in [-0.2, -0.15) is 0 Å². The molecule has 6 rings (SSSR count). The molecule has 48 heavy (non-hydrogen) atoms. The summed E-state index contributed by atoms with van der Waals surface area (Å²) < 4.78 is 0. The van der Waals surface area contributed by atoms with E-state index < -0.39 is 0 Å². The van der Waals surface area contributed by atoms with Gasteiger partial charge in [0, 0.05) is 9.75 Å². The molecule has 0 fully saturated rings. The predicted molar refractivity (Wildman–Crippen MR) is 206 cm³/mol. The van der Waals surface area contributed by atoms with Crippen LogP contribution in [0.2, 0.25) is 0 Å². The molecule has 2 aromatic carbocycles. The number of carbonyl (C=O) groups excluding carboxylic acids is 1. The summed E-state index contributed by atoms with van der Waals surface area (Å²) in [4.78, 5) is 25.2. The average molecular weight is 677 g/mol. The van der Waals surface area contributed by atoms with Crippen molar-refractivity contribution >= 4 is 34.3 Å². The van der Waals surface area contributed by atoms with Gasteiger partial charge in [0.25, 0.3) is 5.91 Å². The van der Waals surface area contributed by atoms with Crippen LogP contribution in [0.1, 0.15) is 126 Å². The van der Waals surface area contributed by atoms with E-state index in [-0.39, 0.29) is 33.4 Å². The highest BCUT2D eigenvalue weighted by Crippen LogP contribution is 2.45. The van der Waals surface area contributed by atoms with Crippen LogP contribution in [0.4, 0.5) is 0 Å². The molecule has 5 aromatic rings. The highest BCUT2D eigenvalue weighted by atomic mass is 32.1. The lowest BCUT2D eigenvalue weighted by Gasteiger charge is -2.26. The van der Waals surface area contributed by atoms with Gasteiger partial charge < -0.3 is 10.1 Å². The average Bonchev–Trinajstić information content (AvgIpc) is 3.77. The molecular formula is C42H48N2O2S2. The Morgan fingerprint density at radius 2 is 0.917 bits per heavy atom. The fourth-order valence-corrected chi connectivity index (χ4v) is 8.02. The van der Waals surface area contributed by atoms with E-state index in [2.05, 4.69) is 142 Å². The van der Waals surface area contributed by atoms with Crippen molar-refractivity contribution in [2.24, 2.45) is 4.99 Å². The number of hydrogen-bond acceptors (Lipinski definition) is 4. The number of hydrogen-bond donors (Lipinski definition) is 2. The number of aliphatic imine (C=N–C) groups is 1. The summed E-state index contributed by atoms with van der Waals surface area (Å²) in [6.45, 7) is 26.9. The number of benzene rings is 2. The minimum atomic E-state index is -0.328. The van der Waals surface area contributed by atoms with Crippen molar-refractivity contribution in [3.63, 3.8) is 0 Å². The molecule has 250 valence electrons. The van der Waals surface area contributed by atoms with E-state index in [1.54, 1.807) is 22.7 Å². The van der Waals surface area contributed by atoms with Gasteiger partial charge in [-0.05, 0) is 104 Å². The SMILES string of the molecule is CC(C)(C)c1cc(-c2ccc(C3=NC(=O)c4c(-c5ccc(-c6cc(C(C)(C)C)cc(C(C)(C)C)c6)s5)[nH]c(O)c43)s2)cc(C(C)(C)C)c1. The molecular weight excluding hydrogens is 629 g/mol. The van der Waals surface area contributed by atoms with Gasteiger partial charge in [0.2, 0.25) is 0 Å². The maximum Gasteiger partial charge on any atom is 0.280 e. The van der Waals surface area contributed by atoms with Crippen LogP contribution >= 0.6 is 22.7 Å². The van der Waals surface area contributed by atoms with Crippen LogP contribution in [0, 0.1) is 0 Å². The molecule has 0 saturated carbocycles. The molecule has 0 aliphatic carbocycles. The summed E-state index contributed by atoms with van der Waals surface area (Å²) in [5, 5.41) is 11.2. The third kappa shape index (κ3) is 6.37. The normalized spacial score (nSPS) is 14.1. The second-order valence-corrected chi connectivity index (χ2v) is 19.5. The van der Waals surface area contributed by atoms with Crippen LogP contribution in [0.15, 0.2) is 65.7 Å². The first-order valence-electron chi connectivity index (χ1n) is 16.7. The molecule has 0 atom stereocenters. The Kier molecular flexibility index (Phi) is 8.12. The van der Waals surface area contributed by atoms with Crippen LogP contribution in [-0.4, -0.2) is 21.7 Å². The molecule has 0 spiro atoms. The van der Waals surface area contributed by atoms with Crippen molar-refractivity contribution in [2.45, 2.75) is 105 Å². The van der Waals surface area contributed by atoms with Gasteiger partial charge in [-0.25, -0.2) is 4.99 Å². The maximum atomic E-state index is 13.5. The minimum absolute atomic E-state index is 0.00615. The van der Waals surface area contributed by atoms with Gasteiger partial charge >= 0.3 is 0 Å². The Morgan fingerprint density at radius 3 is 1.33 bits per heavy atom. The van der Waals surface area contributed by atoms with Crippen LogP contribution in [0.3, 0.4) is 0 Å². The number of aromatic nitrogens is 1. The quantitative estimate of drug-likeness (QED) is 0.199. The lowest BCUT2D eigenvalue weighted by Crippen LogP contribution is -2.16. The molecule has 3 aromatic heterocycles. The van der Waals surface area contributed by atoms with Crippen LogP contribution in [0.5, 0.6) is 5.88 Å². The van der Waals surface area contributed by atoms with Crippen LogP contribution < -0.4 is 0 Å². The summed E-state index contributed by atoms with van der Waals surface area (Å²) in [7, 11) is 0. The van der Waals surface area contributed by atoms with E-state index in [1.807, 2.05) is 12.1 Å². The summed E-state index contributed by atoms with van der Waals surface area (Å²) >= 11 is 3.22. The number of amides is 1. The summed E-state index contributed by atoms with van der Waals surface area (Å²) in [6, 6.07) is 22.0. The van der Waals surface area contributed by atoms with Crippen molar-refractivity contribution < 1.29 is 9.90 Å². The Labute approximate surface area is 294 Å². The third-order valence-electron chi connectivity index (χ3n) is 9.24. The standard InChI is InChI=1S/C42H48N2O2S2/c1-39(2,3)25-17-23(18-26(21-25)40(4,5)6)29-13-15-31(47-29)35-33-34(38(46)43-35)36(44-37(33)45)32-16-14-30(48-32)24-19-27(41(7,8)9)22-28(20-24)42(10,11)12/h13-22,43,46H,1-12H3. The van der Waals surface area contributed by atoms with E-state index in [0.717, 1.165) is 30.6 Å². The zero-order chi connectivity index (χ0) is 35.1. The number of aromatic amines is 1. The number of aromatic hydroxyl groups is 1. The highest BCUT2D eigenvalue weighted by molar-refractivity contribution is 7.19. The van der Waals surface area contributed by atoms with Crippen LogP contribution in [0.25, 0.3) is 31.5 Å². The van der Waals surface area contributed by atoms with E-state index in [0.29, 0.717) is 22.5 Å². The molecule has 0 saturated heterocycles. The first kappa shape index (κ1) is 34.1. The fourth-order valence-electron chi connectivity index (χ4n) is 6.03. The zero-order valence-corrected chi connectivity index (χ0v) is 32.0. The summed E-state index contributed by atoms with van der Waals surface area (Å²) in [6.07, 6.45) is 0. The molecule has 6 heteroatoms. The van der Waals surface area contributed by atoms with Gasteiger partial charge in [-0.3, -0.25) is 4.79 Å². The number of nitrogens with zero attached hydrogens (tertiary/aromatic N) is 1. The van der Waals surface area contributed by atoms with E-state index in [4.69, 9.17) is 0 Å². The number of nitrogens with one attached hydrogen (secondary N) is 1. The third-order valence-corrected chi connectivity index (χ3v) is 11.5. The smallest absolute Gasteiger partial charge is 0.280 e. The van der Waals surface area contributed by atoms with E-state index in [9.17, 15) is 9.90 Å². The first-order valence-corrected chi connectivity index (χ1v) is 18.4. The Morgan fingerprint density at radius 1 is 0.542 bits per heavy atom. The molecule has 1 aliphatic rings. The van der Waals surface area contributed by atoms with Gasteiger partial charge in [0.05, 0.1) is 32.3 Å². The van der Waals surface area contributed by atoms with Gasteiger partial charge in [0.15, 0.2) is 5.88 Å². The topological polar surface area (TPSA) is 65.5 Å². The van der Waals surface area contributed by atoms with Crippen molar-refractivity contribution in [3.05, 3.63) is 98.9 Å². The molecule has 0 radical (unpaired) electrons. The zero-order valence-electron chi connectivity index (χ0n) is 30.4. The molecule has 1 aliphatic heterocycles. The summed E-state index contributed by atoms with van der Waals surface area (Å²) in [5.74, 6) is -0.352. The number of thiophene rings is 2. The number of fused-ring (bicyclic) bond motifs is 1. The van der Waals surface area contributed by atoms with Gasteiger partial charge in [0.1, 0.15) is 0 Å². The largest absolute Gasteiger partial charge is 0.494 e.